The molecule has 3 rings (SSSR count). The molecule has 0 aromatic heterocycles. The van der Waals surface area contributed by atoms with Gasteiger partial charge in [-0.05, 0) is 24.6 Å². The number of nitrogens with zero attached hydrogens (tertiary/aromatic N) is 2. The van der Waals surface area contributed by atoms with Crippen LogP contribution in [0.2, 0.25) is 0 Å². The lowest BCUT2D eigenvalue weighted by atomic mass is 9.93. The maximum absolute atomic E-state index is 12.7. The molecule has 1 aliphatic rings. The summed E-state index contributed by atoms with van der Waals surface area (Å²) >= 11 is 0. The number of carbonyl (C=O) groups is 3. The van der Waals surface area contributed by atoms with Crippen molar-refractivity contribution in [1.29, 1.82) is 0 Å². The molecule has 122 valence electrons. The van der Waals surface area contributed by atoms with Gasteiger partial charge in [-0.25, -0.2) is 0 Å². The van der Waals surface area contributed by atoms with Crippen molar-refractivity contribution in [3.05, 3.63) is 41.5 Å². The monoisotopic (exact) mass is 323 g/mol. The molecule has 0 aliphatic carbocycles. The molecule has 2 aromatic carbocycles. The van der Waals surface area contributed by atoms with Gasteiger partial charge in [-0.1, -0.05) is 25.5 Å². The van der Waals surface area contributed by atoms with Crippen LogP contribution in [0.4, 0.5) is 5.69 Å². The molecule has 0 spiro atoms. The number of hydrogen-bond acceptors (Lipinski definition) is 5. The SMILES string of the molecule is CCCCN1C(=O)c2cccc3c(N/N=C/C=O)ccc(c23)C1=O. The number of nitrogens with one attached hydrogen (secondary N) is 1. The average Bonchev–Trinajstić information content (AvgIpc) is 2.60. The number of imide groups is 1. The number of hydrazone groups is 1. The minimum absolute atomic E-state index is 0.264. The Balaban J connectivity index is 2.13. The Morgan fingerprint density at radius 1 is 1.12 bits per heavy atom. The zero-order chi connectivity index (χ0) is 17.1. The van der Waals surface area contributed by atoms with Gasteiger partial charge >= 0.3 is 0 Å². The number of benzene rings is 2. The number of carbonyl (C=O) groups excluding carboxylic acids is 3. The highest BCUT2D eigenvalue weighted by atomic mass is 16.2. The van der Waals surface area contributed by atoms with E-state index >= 15 is 0 Å². The summed E-state index contributed by atoms with van der Waals surface area (Å²) in [5, 5.41) is 5.14. The summed E-state index contributed by atoms with van der Waals surface area (Å²) in [5.74, 6) is -0.528. The van der Waals surface area contributed by atoms with E-state index in [1.807, 2.05) is 13.0 Å². The molecule has 6 nitrogen and oxygen atoms in total. The first-order valence-corrected chi connectivity index (χ1v) is 7.83. The van der Waals surface area contributed by atoms with E-state index in [-0.39, 0.29) is 11.8 Å². The largest absolute Gasteiger partial charge is 0.297 e. The third kappa shape index (κ3) is 2.56. The first-order chi connectivity index (χ1) is 11.7. The minimum Gasteiger partial charge on any atom is -0.297 e. The van der Waals surface area contributed by atoms with Crippen LogP contribution in [0.1, 0.15) is 40.5 Å². The van der Waals surface area contributed by atoms with Crippen molar-refractivity contribution in [2.24, 2.45) is 5.10 Å². The summed E-state index contributed by atoms with van der Waals surface area (Å²) in [6.07, 6.45) is 3.35. The molecule has 24 heavy (non-hydrogen) atoms. The van der Waals surface area contributed by atoms with Gasteiger partial charge in [0.05, 0.1) is 11.9 Å². The molecule has 0 atom stereocenters. The highest BCUT2D eigenvalue weighted by molar-refractivity contribution is 6.26. The van der Waals surface area contributed by atoms with Crippen molar-refractivity contribution in [1.82, 2.24) is 4.90 Å². The molecule has 1 heterocycles. The Hall–Kier alpha value is -3.02. The normalized spacial score (nSPS) is 13.8. The third-order valence-electron chi connectivity index (χ3n) is 4.05. The summed E-state index contributed by atoms with van der Waals surface area (Å²) in [6.45, 7) is 2.44. The van der Waals surface area contributed by atoms with E-state index in [2.05, 4.69) is 10.5 Å². The molecular formula is C18H17N3O3. The Morgan fingerprint density at radius 2 is 1.88 bits per heavy atom. The van der Waals surface area contributed by atoms with Crippen molar-refractivity contribution >= 4 is 40.8 Å². The maximum atomic E-state index is 12.7. The van der Waals surface area contributed by atoms with E-state index in [0.717, 1.165) is 24.4 Å². The van der Waals surface area contributed by atoms with E-state index < -0.39 is 0 Å². The Kier molecular flexibility index (Phi) is 4.37. The van der Waals surface area contributed by atoms with Crippen molar-refractivity contribution in [2.45, 2.75) is 19.8 Å². The second-order valence-electron chi connectivity index (χ2n) is 5.53. The van der Waals surface area contributed by atoms with E-state index in [0.29, 0.717) is 35.0 Å². The second-order valence-corrected chi connectivity index (χ2v) is 5.53. The van der Waals surface area contributed by atoms with Crippen molar-refractivity contribution < 1.29 is 14.4 Å². The lowest BCUT2D eigenvalue weighted by Gasteiger charge is -2.27. The van der Waals surface area contributed by atoms with Gasteiger partial charge in [-0.15, -0.1) is 0 Å². The Morgan fingerprint density at radius 3 is 2.58 bits per heavy atom. The molecule has 2 aromatic rings. The number of anilines is 1. The molecule has 2 amide bonds. The van der Waals surface area contributed by atoms with E-state index in [9.17, 15) is 14.4 Å². The predicted octanol–water partition coefficient (Wildman–Crippen LogP) is 2.83. The minimum atomic E-state index is -0.264. The fourth-order valence-corrected chi connectivity index (χ4v) is 2.90. The summed E-state index contributed by atoms with van der Waals surface area (Å²) in [6, 6.07) is 8.76. The van der Waals surface area contributed by atoms with Crippen molar-refractivity contribution in [2.75, 3.05) is 12.0 Å². The predicted molar refractivity (Wildman–Crippen MR) is 92.4 cm³/mol. The molecule has 1 aliphatic heterocycles. The maximum Gasteiger partial charge on any atom is 0.261 e. The van der Waals surface area contributed by atoms with Gasteiger partial charge < -0.3 is 0 Å². The van der Waals surface area contributed by atoms with E-state index in [1.54, 1.807) is 24.3 Å². The molecular weight excluding hydrogens is 306 g/mol. The van der Waals surface area contributed by atoms with Crippen LogP contribution >= 0.6 is 0 Å². The van der Waals surface area contributed by atoms with Gasteiger partial charge in [-0.2, -0.15) is 5.10 Å². The molecule has 1 N–H and O–H groups in total. The fraction of sp³-hybridized carbons (Fsp3) is 0.222. The lowest BCUT2D eigenvalue weighted by molar-refractivity contribution is -0.102. The number of aldehydes is 1. The van der Waals surface area contributed by atoms with Crippen LogP contribution in [0.15, 0.2) is 35.4 Å². The van der Waals surface area contributed by atoms with E-state index in [4.69, 9.17) is 0 Å². The summed E-state index contributed by atoms with van der Waals surface area (Å²) < 4.78 is 0. The molecule has 0 saturated heterocycles. The van der Waals surface area contributed by atoms with Crippen LogP contribution in [0.3, 0.4) is 0 Å². The van der Waals surface area contributed by atoms with Crippen LogP contribution < -0.4 is 5.43 Å². The molecule has 0 radical (unpaired) electrons. The molecule has 0 unspecified atom stereocenters. The Bertz CT molecular complexity index is 836. The van der Waals surface area contributed by atoms with Crippen molar-refractivity contribution in [3.8, 4) is 0 Å². The first-order valence-electron chi connectivity index (χ1n) is 7.83. The highest BCUT2D eigenvalue weighted by Gasteiger charge is 2.32. The topological polar surface area (TPSA) is 78.8 Å². The van der Waals surface area contributed by atoms with Crippen LogP contribution in [-0.2, 0) is 4.79 Å². The lowest BCUT2D eigenvalue weighted by Crippen LogP contribution is -2.40. The van der Waals surface area contributed by atoms with Crippen LogP contribution in [0, 0.1) is 0 Å². The average molecular weight is 323 g/mol. The van der Waals surface area contributed by atoms with Gasteiger partial charge in [0.25, 0.3) is 11.8 Å². The van der Waals surface area contributed by atoms with Crippen molar-refractivity contribution in [3.63, 3.8) is 0 Å². The first kappa shape index (κ1) is 15.9. The highest BCUT2D eigenvalue weighted by Crippen LogP contribution is 2.34. The molecule has 0 saturated carbocycles. The summed E-state index contributed by atoms with van der Waals surface area (Å²) in [7, 11) is 0. The van der Waals surface area contributed by atoms with Crippen LogP contribution in [0.25, 0.3) is 10.8 Å². The number of amides is 2. The Labute approximate surface area is 139 Å². The van der Waals surface area contributed by atoms with Gasteiger partial charge in [0.2, 0.25) is 0 Å². The third-order valence-corrected chi connectivity index (χ3v) is 4.05. The van der Waals surface area contributed by atoms with Gasteiger partial charge in [0, 0.05) is 28.4 Å². The van der Waals surface area contributed by atoms with Gasteiger partial charge in [0.1, 0.15) is 0 Å². The van der Waals surface area contributed by atoms with Gasteiger partial charge in [-0.3, -0.25) is 24.7 Å². The van der Waals surface area contributed by atoms with E-state index in [1.165, 1.54) is 4.90 Å². The molecule has 0 bridgehead atoms. The number of hydrogen-bond donors (Lipinski definition) is 1. The smallest absolute Gasteiger partial charge is 0.261 e. The zero-order valence-electron chi connectivity index (χ0n) is 13.3. The van der Waals surface area contributed by atoms with Crippen LogP contribution in [0.5, 0.6) is 0 Å². The number of unbranched alkanes of at least 4 members (excludes halogenated alkanes) is 1. The summed E-state index contributed by atoms with van der Waals surface area (Å²) in [5.41, 5.74) is 4.43. The fourth-order valence-electron chi connectivity index (χ4n) is 2.90. The van der Waals surface area contributed by atoms with Gasteiger partial charge in [0.15, 0.2) is 6.29 Å². The molecule has 0 fully saturated rings. The zero-order valence-corrected chi connectivity index (χ0v) is 13.3. The second kappa shape index (κ2) is 6.62. The quantitative estimate of drug-likeness (QED) is 0.384. The standard InChI is InChI=1S/C18H17N3O3/c1-2-3-10-21-17(23)13-6-4-5-12-15(20-19-9-11-22)8-7-14(16(12)13)18(21)24/h4-9,11,20H,2-3,10H2,1H3/b19-9+. The van der Waals surface area contributed by atoms with Crippen LogP contribution in [-0.4, -0.2) is 35.8 Å². The summed E-state index contributed by atoms with van der Waals surface area (Å²) in [4.78, 5) is 37.1. The molecule has 6 heteroatoms. The number of rotatable bonds is 6.